The predicted octanol–water partition coefficient (Wildman–Crippen LogP) is 3.05. The quantitative estimate of drug-likeness (QED) is 0.927. The minimum atomic E-state index is 0.503. The number of pyridine rings is 2. The number of rotatable bonds is 3. The summed E-state index contributed by atoms with van der Waals surface area (Å²) in [5.41, 5.74) is 7.68. The molecule has 3 nitrogen and oxygen atoms in total. The highest BCUT2D eigenvalue weighted by molar-refractivity contribution is 7.99. The minimum absolute atomic E-state index is 0.503. The molecule has 0 saturated heterocycles. The minimum Gasteiger partial charge on any atom is -0.326 e. The molecule has 17 heavy (non-hydrogen) atoms. The summed E-state index contributed by atoms with van der Waals surface area (Å²) in [6.07, 6.45) is 3.50. The lowest BCUT2D eigenvalue weighted by Gasteiger charge is -2.06. The summed E-state index contributed by atoms with van der Waals surface area (Å²) in [6.45, 7) is 2.51. The molecule has 2 N–H and O–H groups in total. The van der Waals surface area contributed by atoms with Crippen LogP contribution in [0.2, 0.25) is 5.02 Å². The van der Waals surface area contributed by atoms with Crippen molar-refractivity contribution in [1.82, 2.24) is 9.97 Å². The van der Waals surface area contributed by atoms with Gasteiger partial charge in [0.05, 0.1) is 5.02 Å². The molecular weight excluding hydrogens is 254 g/mol. The van der Waals surface area contributed by atoms with E-state index in [4.69, 9.17) is 17.3 Å². The lowest BCUT2D eigenvalue weighted by molar-refractivity contribution is 0.985. The number of hydrogen-bond acceptors (Lipinski definition) is 4. The molecule has 2 aromatic heterocycles. The largest absolute Gasteiger partial charge is 0.326 e. The van der Waals surface area contributed by atoms with Crippen molar-refractivity contribution in [3.8, 4) is 0 Å². The van der Waals surface area contributed by atoms with Gasteiger partial charge < -0.3 is 5.73 Å². The van der Waals surface area contributed by atoms with Crippen LogP contribution < -0.4 is 5.73 Å². The second-order valence-corrected chi connectivity index (χ2v) is 4.95. The Morgan fingerprint density at radius 1 is 1.35 bits per heavy atom. The molecule has 0 amide bonds. The Balaban J connectivity index is 2.28. The summed E-state index contributed by atoms with van der Waals surface area (Å²) in [4.78, 5) is 8.59. The molecule has 0 bridgehead atoms. The van der Waals surface area contributed by atoms with Crippen molar-refractivity contribution >= 4 is 23.4 Å². The molecule has 2 rings (SSSR count). The maximum absolute atomic E-state index is 6.05. The molecule has 2 aromatic rings. The van der Waals surface area contributed by atoms with E-state index in [9.17, 15) is 0 Å². The van der Waals surface area contributed by atoms with Crippen LogP contribution in [0.3, 0.4) is 0 Å². The van der Waals surface area contributed by atoms with E-state index in [1.807, 2.05) is 25.1 Å². The number of aromatic nitrogens is 2. The van der Waals surface area contributed by atoms with Gasteiger partial charge in [0.25, 0.3) is 0 Å². The van der Waals surface area contributed by atoms with Gasteiger partial charge in [0, 0.05) is 18.9 Å². The fourth-order valence-electron chi connectivity index (χ4n) is 1.38. The van der Waals surface area contributed by atoms with Crippen LogP contribution in [-0.4, -0.2) is 9.97 Å². The van der Waals surface area contributed by atoms with E-state index < -0.39 is 0 Å². The predicted molar refractivity (Wildman–Crippen MR) is 70.2 cm³/mol. The number of nitrogens with zero attached hydrogens (tertiary/aromatic N) is 2. The maximum atomic E-state index is 6.05. The van der Waals surface area contributed by atoms with E-state index >= 15 is 0 Å². The van der Waals surface area contributed by atoms with Crippen LogP contribution in [-0.2, 0) is 6.54 Å². The molecule has 5 heteroatoms. The van der Waals surface area contributed by atoms with Crippen molar-refractivity contribution in [2.75, 3.05) is 0 Å². The molecule has 2 heterocycles. The second-order valence-electron chi connectivity index (χ2n) is 3.56. The summed E-state index contributed by atoms with van der Waals surface area (Å²) in [5.74, 6) is 0. The normalized spacial score (nSPS) is 10.5. The van der Waals surface area contributed by atoms with E-state index in [0.717, 1.165) is 21.2 Å². The fraction of sp³-hybridized carbons (Fsp3) is 0.167. The van der Waals surface area contributed by atoms with Crippen molar-refractivity contribution in [3.05, 3.63) is 46.7 Å². The molecule has 0 saturated carbocycles. The van der Waals surface area contributed by atoms with Crippen LogP contribution in [0.4, 0.5) is 0 Å². The van der Waals surface area contributed by atoms with Crippen molar-refractivity contribution in [2.45, 2.75) is 23.5 Å². The third kappa shape index (κ3) is 2.97. The highest BCUT2D eigenvalue weighted by atomic mass is 35.5. The van der Waals surface area contributed by atoms with Crippen LogP contribution in [0.1, 0.15) is 11.1 Å². The topological polar surface area (TPSA) is 51.8 Å². The Labute approximate surface area is 109 Å². The van der Waals surface area contributed by atoms with Gasteiger partial charge in [-0.3, -0.25) is 0 Å². The number of hydrogen-bond donors (Lipinski definition) is 1. The fourth-order valence-corrected chi connectivity index (χ4v) is 2.40. The zero-order valence-electron chi connectivity index (χ0n) is 9.35. The van der Waals surface area contributed by atoms with Gasteiger partial charge in [-0.1, -0.05) is 17.7 Å². The van der Waals surface area contributed by atoms with Gasteiger partial charge >= 0.3 is 0 Å². The molecule has 0 radical (unpaired) electrons. The van der Waals surface area contributed by atoms with Gasteiger partial charge in [0.2, 0.25) is 0 Å². The second kappa shape index (κ2) is 5.49. The Bertz CT molecular complexity index is 531. The van der Waals surface area contributed by atoms with Crippen LogP contribution >= 0.6 is 23.4 Å². The maximum Gasteiger partial charge on any atom is 0.121 e. The first-order chi connectivity index (χ1) is 8.20. The van der Waals surface area contributed by atoms with Crippen LogP contribution in [0.25, 0.3) is 0 Å². The third-order valence-electron chi connectivity index (χ3n) is 2.24. The lowest BCUT2D eigenvalue weighted by Crippen LogP contribution is -1.98. The van der Waals surface area contributed by atoms with E-state index in [1.54, 1.807) is 12.4 Å². The standard InChI is InChI=1S/C12H12ClN3S/c1-8-5-9(6-14)7-16-11(8)17-12-10(13)3-2-4-15-12/h2-5,7H,6,14H2,1H3. The Morgan fingerprint density at radius 2 is 2.18 bits per heavy atom. The van der Waals surface area contributed by atoms with Crippen molar-refractivity contribution in [3.63, 3.8) is 0 Å². The third-order valence-corrected chi connectivity index (χ3v) is 3.80. The average Bonchev–Trinajstić information content (AvgIpc) is 2.34. The van der Waals surface area contributed by atoms with E-state index in [-0.39, 0.29) is 0 Å². The first kappa shape index (κ1) is 12.4. The average molecular weight is 266 g/mol. The molecule has 88 valence electrons. The van der Waals surface area contributed by atoms with Gasteiger partial charge in [-0.25, -0.2) is 9.97 Å². The molecule has 0 aromatic carbocycles. The molecule has 0 spiro atoms. The molecule has 0 atom stereocenters. The van der Waals surface area contributed by atoms with E-state index in [2.05, 4.69) is 9.97 Å². The zero-order chi connectivity index (χ0) is 12.3. The SMILES string of the molecule is Cc1cc(CN)cnc1Sc1ncccc1Cl. The van der Waals surface area contributed by atoms with E-state index in [0.29, 0.717) is 11.6 Å². The van der Waals surface area contributed by atoms with Crippen LogP contribution in [0, 0.1) is 6.92 Å². The Hall–Kier alpha value is -1.10. The summed E-state index contributed by atoms with van der Waals surface area (Å²) in [5, 5.41) is 2.31. The summed E-state index contributed by atoms with van der Waals surface area (Å²) in [7, 11) is 0. The molecular formula is C12H12ClN3S. The van der Waals surface area contributed by atoms with Crippen molar-refractivity contribution < 1.29 is 0 Å². The van der Waals surface area contributed by atoms with Gasteiger partial charge in [-0.15, -0.1) is 0 Å². The summed E-state index contributed by atoms with van der Waals surface area (Å²) in [6, 6.07) is 5.66. The Morgan fingerprint density at radius 3 is 2.82 bits per heavy atom. The number of aryl methyl sites for hydroxylation is 1. The van der Waals surface area contributed by atoms with Crippen molar-refractivity contribution in [2.24, 2.45) is 5.73 Å². The van der Waals surface area contributed by atoms with Crippen LogP contribution in [0.15, 0.2) is 40.6 Å². The molecule has 0 fully saturated rings. The first-order valence-corrected chi connectivity index (χ1v) is 6.34. The highest BCUT2D eigenvalue weighted by Gasteiger charge is 2.07. The smallest absolute Gasteiger partial charge is 0.121 e. The lowest BCUT2D eigenvalue weighted by atomic mass is 10.2. The summed E-state index contributed by atoms with van der Waals surface area (Å²) >= 11 is 7.52. The molecule has 0 aliphatic rings. The summed E-state index contributed by atoms with van der Waals surface area (Å²) < 4.78 is 0. The monoisotopic (exact) mass is 265 g/mol. The molecule has 0 unspecified atom stereocenters. The van der Waals surface area contributed by atoms with Crippen LogP contribution in [0.5, 0.6) is 0 Å². The van der Waals surface area contributed by atoms with Gasteiger partial charge in [-0.2, -0.15) is 0 Å². The molecule has 0 aliphatic carbocycles. The highest BCUT2D eigenvalue weighted by Crippen LogP contribution is 2.31. The van der Waals surface area contributed by atoms with Crippen molar-refractivity contribution in [1.29, 1.82) is 0 Å². The number of halogens is 1. The number of nitrogens with two attached hydrogens (primary N) is 1. The van der Waals surface area contributed by atoms with E-state index in [1.165, 1.54) is 11.8 Å². The Kier molecular flexibility index (Phi) is 3.99. The van der Waals surface area contributed by atoms with Gasteiger partial charge in [-0.05, 0) is 41.9 Å². The molecule has 0 aliphatic heterocycles. The first-order valence-electron chi connectivity index (χ1n) is 5.14. The van der Waals surface area contributed by atoms with Gasteiger partial charge in [0.15, 0.2) is 0 Å². The van der Waals surface area contributed by atoms with Gasteiger partial charge in [0.1, 0.15) is 10.1 Å². The zero-order valence-corrected chi connectivity index (χ0v) is 10.9.